The lowest BCUT2D eigenvalue weighted by atomic mass is 9.80. The number of methoxy groups -OCH3 is 2. The van der Waals surface area contributed by atoms with E-state index in [2.05, 4.69) is 0 Å². The molecule has 83 heavy (non-hydrogen) atoms. The third kappa shape index (κ3) is 18.4. The number of ether oxygens (including phenoxy) is 10. The van der Waals surface area contributed by atoms with Crippen LogP contribution in [0.5, 0.6) is 0 Å². The van der Waals surface area contributed by atoms with Gasteiger partial charge < -0.3 is 83.1 Å². The molecule has 0 radical (unpaired) electrons. The molecule has 5 aliphatic rings. The molecule has 0 aromatic carbocycles. The molecule has 5 aliphatic heterocycles. The summed E-state index contributed by atoms with van der Waals surface area (Å²) in [6.07, 6.45) is 6.02. The van der Waals surface area contributed by atoms with Crippen LogP contribution < -0.4 is 0 Å². The van der Waals surface area contributed by atoms with Gasteiger partial charge in [0.2, 0.25) is 0 Å². The van der Waals surface area contributed by atoms with Gasteiger partial charge in [-0.3, -0.25) is 0 Å². The molecule has 474 valence electrons. The van der Waals surface area contributed by atoms with Gasteiger partial charge in [-0.15, -0.1) is 0 Å². The van der Waals surface area contributed by atoms with E-state index in [9.17, 15) is 45.3 Å². The van der Waals surface area contributed by atoms with Gasteiger partial charge in [0, 0.05) is 94.0 Å². The van der Waals surface area contributed by atoms with Crippen molar-refractivity contribution in [2.75, 3.05) is 14.2 Å². The molecule has 25 atom stereocenters. The van der Waals surface area contributed by atoms with E-state index < -0.39 is 139 Å². The maximum Gasteiger partial charge on any atom is 0.331 e. The first-order valence-corrected chi connectivity index (χ1v) is 30.7. The van der Waals surface area contributed by atoms with Crippen molar-refractivity contribution in [2.45, 2.75) is 269 Å². The van der Waals surface area contributed by atoms with Crippen molar-refractivity contribution in [2.24, 2.45) is 35.5 Å². The van der Waals surface area contributed by atoms with E-state index in [0.717, 1.165) is 17.6 Å². The van der Waals surface area contributed by atoms with E-state index in [1.807, 2.05) is 106 Å². The lowest BCUT2D eigenvalue weighted by molar-refractivity contribution is -0.351. The first-order chi connectivity index (χ1) is 39.4. The summed E-state index contributed by atoms with van der Waals surface area (Å²) in [5.41, 5.74) is 1.60. The molecule has 5 heterocycles. The Balaban J connectivity index is 1.40. The summed E-state index contributed by atoms with van der Waals surface area (Å²) in [7, 11) is 3.03. The normalized spacial score (nSPS) is 42.3. The second-order valence-corrected chi connectivity index (χ2v) is 23.9. The topological polar surface area (TPSA) is 268 Å². The zero-order valence-electron chi connectivity index (χ0n) is 51.9. The number of carbonyl (C=O) groups is 2. The summed E-state index contributed by atoms with van der Waals surface area (Å²) in [6.45, 7) is 22.7. The molecule has 7 N–H and O–H groups in total. The number of aliphatic hydroxyl groups is 7. The molecule has 0 amide bonds. The van der Waals surface area contributed by atoms with E-state index in [0.29, 0.717) is 32.1 Å². The van der Waals surface area contributed by atoms with Gasteiger partial charge in [0.05, 0.1) is 54.9 Å². The highest BCUT2D eigenvalue weighted by Crippen LogP contribution is 2.44. The van der Waals surface area contributed by atoms with Crippen LogP contribution in [-0.4, -0.2) is 178 Å². The third-order valence-corrected chi connectivity index (χ3v) is 18.4. The second-order valence-electron chi connectivity index (χ2n) is 23.9. The Morgan fingerprint density at radius 2 is 1.00 bits per heavy atom. The van der Waals surface area contributed by atoms with Gasteiger partial charge >= 0.3 is 11.9 Å². The highest BCUT2D eigenvalue weighted by Gasteiger charge is 2.53. The summed E-state index contributed by atoms with van der Waals surface area (Å²) < 4.78 is 62.9. The van der Waals surface area contributed by atoms with Crippen LogP contribution in [0.1, 0.15) is 154 Å². The van der Waals surface area contributed by atoms with Crippen molar-refractivity contribution in [1.29, 1.82) is 0 Å². The van der Waals surface area contributed by atoms with Crippen molar-refractivity contribution < 1.29 is 92.7 Å². The molecule has 25 unspecified atom stereocenters. The molecule has 19 nitrogen and oxygen atoms in total. The van der Waals surface area contributed by atoms with E-state index in [4.69, 9.17) is 47.4 Å². The van der Waals surface area contributed by atoms with Crippen LogP contribution >= 0.6 is 0 Å². The molecular weight excluding hydrogens is 1070 g/mol. The zero-order valence-corrected chi connectivity index (χ0v) is 51.9. The fourth-order valence-electron chi connectivity index (χ4n) is 12.7. The predicted octanol–water partition coefficient (Wildman–Crippen LogP) is 7.36. The van der Waals surface area contributed by atoms with Gasteiger partial charge in [-0.2, -0.15) is 0 Å². The highest BCUT2D eigenvalue weighted by molar-refractivity contribution is 5.83. The van der Waals surface area contributed by atoms with E-state index in [1.165, 1.54) is 26.4 Å². The molecule has 0 saturated carbocycles. The Morgan fingerprint density at radius 1 is 0.566 bits per heavy atom. The third-order valence-electron chi connectivity index (χ3n) is 18.4. The SMILES string of the molecule is CCC1=C/C=C/C(CC)C(C(C)C(O)CC2(OC)CC(OC3OC(C)C(O)C(O)C3O)C(CC)C(C)O2)OC(=O)/C=C/C(CC)=C/C=C/C(CC)C(C(C)C(O)CC2(OC)CC(OC3CC(O)C(O)C(C)O3)C(CC)C(C)O2)OC(=O)C=C1. The van der Waals surface area contributed by atoms with Crippen molar-refractivity contribution in [1.82, 2.24) is 0 Å². The van der Waals surface area contributed by atoms with Gasteiger partial charge in [-0.1, -0.05) is 104 Å². The second kappa shape index (κ2) is 32.7. The van der Waals surface area contributed by atoms with Crippen LogP contribution in [-0.2, 0) is 57.0 Å². The molecule has 4 saturated heterocycles. The van der Waals surface area contributed by atoms with E-state index in [1.54, 1.807) is 26.0 Å². The molecule has 0 bridgehead atoms. The summed E-state index contributed by atoms with van der Waals surface area (Å²) in [4.78, 5) is 28.0. The van der Waals surface area contributed by atoms with Crippen LogP contribution in [0.4, 0.5) is 0 Å². The Hall–Kier alpha value is -3.22. The highest BCUT2D eigenvalue weighted by atomic mass is 16.7. The molecule has 0 aromatic rings. The average molecular weight is 1180 g/mol. The smallest absolute Gasteiger partial charge is 0.331 e. The predicted molar refractivity (Wildman–Crippen MR) is 311 cm³/mol. The number of rotatable bonds is 20. The molecule has 0 spiro atoms. The average Bonchev–Trinajstić information content (AvgIpc) is 3.48. The van der Waals surface area contributed by atoms with Gasteiger partial charge in [-0.25, -0.2) is 9.59 Å². The Kier molecular flexibility index (Phi) is 27.8. The van der Waals surface area contributed by atoms with Crippen molar-refractivity contribution in [3.05, 3.63) is 71.9 Å². The monoisotopic (exact) mass is 1180 g/mol. The van der Waals surface area contributed by atoms with E-state index >= 15 is 0 Å². The number of hydrogen-bond acceptors (Lipinski definition) is 19. The lowest BCUT2D eigenvalue weighted by Gasteiger charge is -2.49. The fraction of sp³-hybridized carbons (Fsp3) is 0.781. The van der Waals surface area contributed by atoms with Crippen LogP contribution in [0.3, 0.4) is 0 Å². The molecule has 19 heteroatoms. The first kappa shape index (κ1) is 70.5. The Morgan fingerprint density at radius 3 is 1.40 bits per heavy atom. The van der Waals surface area contributed by atoms with Gasteiger partial charge in [0.25, 0.3) is 0 Å². The van der Waals surface area contributed by atoms with Gasteiger partial charge in [0.15, 0.2) is 24.2 Å². The minimum absolute atomic E-state index is 0.0196. The zero-order chi connectivity index (χ0) is 61.5. The van der Waals surface area contributed by atoms with Crippen molar-refractivity contribution in [3.63, 3.8) is 0 Å². The largest absolute Gasteiger partial charge is 0.458 e. The minimum Gasteiger partial charge on any atom is -0.458 e. The van der Waals surface area contributed by atoms with Gasteiger partial charge in [-0.05, 0) is 77.4 Å². The van der Waals surface area contributed by atoms with E-state index in [-0.39, 0.29) is 56.0 Å². The maximum atomic E-state index is 14.0. The number of allylic oxidation sites excluding steroid dienone is 8. The molecular formula is C64H104O19. The molecule has 0 aliphatic carbocycles. The van der Waals surface area contributed by atoms with Crippen LogP contribution in [0.25, 0.3) is 0 Å². The summed E-state index contributed by atoms with van der Waals surface area (Å²) in [5, 5.41) is 77.2. The van der Waals surface area contributed by atoms with Crippen LogP contribution in [0.2, 0.25) is 0 Å². The van der Waals surface area contributed by atoms with Crippen LogP contribution in [0, 0.1) is 35.5 Å². The van der Waals surface area contributed by atoms with Crippen molar-refractivity contribution >= 4 is 11.9 Å². The Bertz CT molecular complexity index is 2190. The molecule has 5 rings (SSSR count). The number of carbonyl (C=O) groups excluding carboxylic acids is 2. The molecule has 4 fully saturated rings. The number of cyclic esters (lactones) is 2. The lowest BCUT2D eigenvalue weighted by Crippen LogP contribution is -2.60. The summed E-state index contributed by atoms with van der Waals surface area (Å²) >= 11 is 0. The number of esters is 2. The number of aliphatic hydroxyl groups excluding tert-OH is 7. The summed E-state index contributed by atoms with van der Waals surface area (Å²) in [6, 6.07) is 0. The standard InChI is InChI=1S/C64H104O19/c1-15-42-23-21-25-44(17-3)60(36(7)49(66)32-63(74-13)34-51(46(19-5)38(9)82-63)78-55-31-48(65)56(70)40(11)76-55)80-53(68)29-27-43(16-2)24-22-26-45(18-4)61(81-54(69)30-28-42)37(8)50(67)33-64(75-14)35-52(47(20-6)39(10)83-64)79-62-59(73)58(72)57(71)41(12)77-62/h21-30,36-41,44-52,55-62,65-67,70-73H,15-20,31-35H2,1-14H3/b25-21+,26-22+,29-27?,30-28+,42-23+,43-24?. The van der Waals surface area contributed by atoms with Crippen molar-refractivity contribution in [3.8, 4) is 0 Å². The van der Waals surface area contributed by atoms with Gasteiger partial charge in [0.1, 0.15) is 36.6 Å². The number of hydrogen-bond donors (Lipinski definition) is 7. The maximum absolute atomic E-state index is 14.0. The van der Waals surface area contributed by atoms with Crippen LogP contribution in [0.15, 0.2) is 71.9 Å². The fourth-order valence-corrected chi connectivity index (χ4v) is 12.7. The first-order valence-electron chi connectivity index (χ1n) is 30.7. The summed E-state index contributed by atoms with van der Waals surface area (Å²) in [5.74, 6) is -6.17. The molecule has 0 aromatic heterocycles. The quantitative estimate of drug-likeness (QED) is 0.0587. The Labute approximate surface area is 494 Å². The minimum atomic E-state index is -1.51.